The Hall–Kier alpha value is -2.96. The number of rotatable bonds is 13. The average molecular weight is 579 g/mol. The summed E-state index contributed by atoms with van der Waals surface area (Å²) in [6.07, 6.45) is 7.02. The third-order valence-corrected chi connectivity index (χ3v) is 8.68. The Bertz CT molecular complexity index is 1220. The van der Waals surface area contributed by atoms with Gasteiger partial charge in [-0.1, -0.05) is 73.3 Å². The molecule has 1 N–H and O–H groups in total. The molecule has 1 aliphatic carbocycles. The van der Waals surface area contributed by atoms with Crippen molar-refractivity contribution < 1.29 is 14.3 Å². The minimum absolute atomic E-state index is 0.0146. The lowest BCUT2D eigenvalue weighted by Crippen LogP contribution is -2.52. The highest BCUT2D eigenvalue weighted by Crippen LogP contribution is 2.24. The highest BCUT2D eigenvalue weighted by Gasteiger charge is 2.31. The molecule has 0 spiro atoms. The molecule has 3 aromatic rings. The van der Waals surface area contributed by atoms with Crippen molar-refractivity contribution in [2.45, 2.75) is 74.9 Å². The zero-order chi connectivity index (χ0) is 28.2. The van der Waals surface area contributed by atoms with E-state index in [2.05, 4.69) is 5.32 Å². The van der Waals surface area contributed by atoms with Crippen molar-refractivity contribution in [3.8, 4) is 5.75 Å². The van der Waals surface area contributed by atoms with Crippen LogP contribution in [0.3, 0.4) is 0 Å². The summed E-state index contributed by atoms with van der Waals surface area (Å²) in [7, 11) is 1.64. The van der Waals surface area contributed by atoms with Crippen molar-refractivity contribution in [2.75, 3.05) is 12.9 Å². The standard InChI is InChI=1S/C33H39ClN2O3S/c1-39-29-15-8-12-26(22-29)24-36(32(37)16-9-21-40-30-19-17-27(34)18-20-30)31(23-25-10-4-2-5-11-25)33(38)35-28-13-6-3-7-14-28/h2,4-5,8,10-12,15,17-20,22,28,31H,3,6-7,9,13-14,16,21,23-24H2,1H3,(H,35,38). The molecule has 7 heteroatoms. The van der Waals surface area contributed by atoms with Crippen molar-refractivity contribution in [1.29, 1.82) is 0 Å². The van der Waals surface area contributed by atoms with Gasteiger partial charge in [-0.05, 0) is 72.5 Å². The maximum Gasteiger partial charge on any atom is 0.243 e. The number of carbonyl (C=O) groups is 2. The molecule has 1 atom stereocenters. The van der Waals surface area contributed by atoms with Gasteiger partial charge >= 0.3 is 0 Å². The number of nitrogens with one attached hydrogen (secondary N) is 1. The fraction of sp³-hybridized carbons (Fsp3) is 0.394. The van der Waals surface area contributed by atoms with Gasteiger partial charge in [-0.2, -0.15) is 0 Å². The predicted molar refractivity (Wildman–Crippen MR) is 164 cm³/mol. The van der Waals surface area contributed by atoms with E-state index in [1.807, 2.05) is 78.9 Å². The zero-order valence-electron chi connectivity index (χ0n) is 23.2. The fourth-order valence-electron chi connectivity index (χ4n) is 5.15. The number of nitrogens with zero attached hydrogens (tertiary/aromatic N) is 1. The van der Waals surface area contributed by atoms with Crippen LogP contribution in [0.15, 0.2) is 83.8 Å². The number of ether oxygens (including phenoxy) is 1. The lowest BCUT2D eigenvalue weighted by Gasteiger charge is -2.33. The largest absolute Gasteiger partial charge is 0.497 e. The Balaban J connectivity index is 1.53. The molecule has 0 aromatic heterocycles. The summed E-state index contributed by atoms with van der Waals surface area (Å²) in [5, 5.41) is 4.02. The first-order valence-electron chi connectivity index (χ1n) is 14.2. The molecule has 1 unspecified atom stereocenters. The average Bonchev–Trinajstić information content (AvgIpc) is 2.99. The minimum Gasteiger partial charge on any atom is -0.497 e. The van der Waals surface area contributed by atoms with Gasteiger partial charge in [0.25, 0.3) is 0 Å². The topological polar surface area (TPSA) is 58.6 Å². The van der Waals surface area contributed by atoms with Gasteiger partial charge in [0.15, 0.2) is 0 Å². The van der Waals surface area contributed by atoms with Gasteiger partial charge < -0.3 is 15.0 Å². The van der Waals surface area contributed by atoms with Crippen molar-refractivity contribution in [3.05, 3.63) is 95.0 Å². The van der Waals surface area contributed by atoms with Crippen LogP contribution in [0.25, 0.3) is 0 Å². The lowest BCUT2D eigenvalue weighted by molar-refractivity contribution is -0.141. The van der Waals surface area contributed by atoms with Gasteiger partial charge in [0.2, 0.25) is 11.8 Å². The zero-order valence-corrected chi connectivity index (χ0v) is 24.8. The quantitative estimate of drug-likeness (QED) is 0.171. The molecule has 4 rings (SSSR count). The van der Waals surface area contributed by atoms with Crippen molar-refractivity contribution in [1.82, 2.24) is 10.2 Å². The van der Waals surface area contributed by atoms with Crippen LogP contribution in [0.5, 0.6) is 5.75 Å². The Morgan fingerprint density at radius 3 is 2.42 bits per heavy atom. The molecule has 1 aliphatic rings. The van der Waals surface area contributed by atoms with E-state index in [-0.39, 0.29) is 17.9 Å². The second kappa shape index (κ2) is 15.7. The summed E-state index contributed by atoms with van der Waals surface area (Å²) in [6, 6.07) is 25.0. The van der Waals surface area contributed by atoms with Crippen molar-refractivity contribution in [2.24, 2.45) is 0 Å². The summed E-state index contributed by atoms with van der Waals surface area (Å²) >= 11 is 7.72. The second-order valence-corrected chi connectivity index (χ2v) is 11.9. The van der Waals surface area contributed by atoms with Gasteiger partial charge in [0.05, 0.1) is 7.11 Å². The van der Waals surface area contributed by atoms with Crippen LogP contribution in [-0.4, -0.2) is 41.7 Å². The summed E-state index contributed by atoms with van der Waals surface area (Å²) in [4.78, 5) is 30.7. The minimum atomic E-state index is -0.605. The summed E-state index contributed by atoms with van der Waals surface area (Å²) in [5.41, 5.74) is 1.97. The molecule has 1 saturated carbocycles. The van der Waals surface area contributed by atoms with Gasteiger partial charge in [-0.15, -0.1) is 11.8 Å². The molecule has 40 heavy (non-hydrogen) atoms. The molecular weight excluding hydrogens is 540 g/mol. The van der Waals surface area contributed by atoms with Crippen LogP contribution >= 0.6 is 23.4 Å². The molecule has 0 aliphatic heterocycles. The second-order valence-electron chi connectivity index (χ2n) is 10.3. The molecule has 0 saturated heterocycles. The lowest BCUT2D eigenvalue weighted by atomic mass is 9.94. The first-order valence-corrected chi connectivity index (χ1v) is 15.5. The van der Waals surface area contributed by atoms with E-state index in [0.29, 0.717) is 30.8 Å². The van der Waals surface area contributed by atoms with E-state index >= 15 is 0 Å². The Labute approximate surface area is 247 Å². The van der Waals surface area contributed by atoms with E-state index in [1.165, 1.54) is 6.42 Å². The number of halogens is 1. The van der Waals surface area contributed by atoms with Gasteiger partial charge in [-0.3, -0.25) is 9.59 Å². The first kappa shape index (κ1) is 30.0. The normalized spacial score (nSPS) is 14.3. The van der Waals surface area contributed by atoms with E-state index in [0.717, 1.165) is 53.2 Å². The number of thioether (sulfide) groups is 1. The van der Waals surface area contributed by atoms with Gasteiger partial charge in [-0.25, -0.2) is 0 Å². The number of hydrogen-bond donors (Lipinski definition) is 1. The molecule has 5 nitrogen and oxygen atoms in total. The van der Waals surface area contributed by atoms with Crippen LogP contribution in [0.2, 0.25) is 5.02 Å². The number of hydrogen-bond acceptors (Lipinski definition) is 4. The summed E-state index contributed by atoms with van der Waals surface area (Å²) in [5.74, 6) is 1.45. The van der Waals surface area contributed by atoms with Crippen LogP contribution < -0.4 is 10.1 Å². The van der Waals surface area contributed by atoms with E-state index in [4.69, 9.17) is 16.3 Å². The monoisotopic (exact) mass is 578 g/mol. The fourth-order valence-corrected chi connectivity index (χ4v) is 6.13. The number of amides is 2. The van der Waals surface area contributed by atoms with Crippen molar-refractivity contribution in [3.63, 3.8) is 0 Å². The van der Waals surface area contributed by atoms with Crippen LogP contribution in [0.1, 0.15) is 56.1 Å². The third kappa shape index (κ3) is 9.31. The first-order chi connectivity index (χ1) is 19.5. The molecule has 0 bridgehead atoms. The molecule has 0 radical (unpaired) electrons. The molecule has 212 valence electrons. The smallest absolute Gasteiger partial charge is 0.243 e. The summed E-state index contributed by atoms with van der Waals surface area (Å²) in [6.45, 7) is 0.343. The highest BCUT2D eigenvalue weighted by molar-refractivity contribution is 7.99. The predicted octanol–water partition coefficient (Wildman–Crippen LogP) is 7.31. The molecule has 1 fully saturated rings. The number of benzene rings is 3. The van der Waals surface area contributed by atoms with E-state index in [9.17, 15) is 9.59 Å². The Morgan fingerprint density at radius 1 is 0.975 bits per heavy atom. The number of methoxy groups -OCH3 is 1. The Kier molecular flexibility index (Phi) is 11.8. The molecular formula is C33H39ClN2O3S. The van der Waals surface area contributed by atoms with E-state index in [1.54, 1.807) is 23.8 Å². The van der Waals surface area contributed by atoms with Gasteiger partial charge in [0, 0.05) is 35.3 Å². The van der Waals surface area contributed by atoms with Crippen molar-refractivity contribution >= 4 is 35.2 Å². The van der Waals surface area contributed by atoms with Crippen LogP contribution in [-0.2, 0) is 22.6 Å². The van der Waals surface area contributed by atoms with Crippen LogP contribution in [0, 0.1) is 0 Å². The Morgan fingerprint density at radius 2 is 1.70 bits per heavy atom. The molecule has 3 aromatic carbocycles. The molecule has 2 amide bonds. The summed E-state index contributed by atoms with van der Waals surface area (Å²) < 4.78 is 5.44. The molecule has 0 heterocycles. The number of carbonyl (C=O) groups excluding carboxylic acids is 2. The van der Waals surface area contributed by atoms with Gasteiger partial charge in [0.1, 0.15) is 11.8 Å². The third-order valence-electron chi connectivity index (χ3n) is 7.33. The highest BCUT2D eigenvalue weighted by atomic mass is 35.5. The van der Waals surface area contributed by atoms with Crippen LogP contribution in [0.4, 0.5) is 0 Å². The SMILES string of the molecule is COc1cccc(CN(C(=O)CCCSc2ccc(Cl)cc2)C(Cc2ccccc2)C(=O)NC2CCCCC2)c1. The maximum atomic E-state index is 13.9. The maximum absolute atomic E-state index is 13.9. The van der Waals surface area contributed by atoms with E-state index < -0.39 is 6.04 Å².